The van der Waals surface area contributed by atoms with Gasteiger partial charge in [-0.15, -0.1) is 0 Å². The van der Waals surface area contributed by atoms with E-state index in [1.54, 1.807) is 24.3 Å². The lowest BCUT2D eigenvalue weighted by atomic mass is 9.88. The van der Waals surface area contributed by atoms with E-state index in [1.165, 1.54) is 5.56 Å². The highest BCUT2D eigenvalue weighted by atomic mass is 79.9. The second-order valence-corrected chi connectivity index (χ2v) is 6.71. The van der Waals surface area contributed by atoms with Crippen LogP contribution in [0.15, 0.2) is 53.0 Å². The van der Waals surface area contributed by atoms with Crippen LogP contribution in [-0.2, 0) is 16.0 Å². The van der Waals surface area contributed by atoms with Gasteiger partial charge in [0.05, 0.1) is 11.6 Å². The van der Waals surface area contributed by atoms with Crippen LogP contribution in [0.2, 0.25) is 0 Å². The average molecular weight is 388 g/mol. The van der Waals surface area contributed by atoms with Crippen LogP contribution in [0.5, 0.6) is 0 Å². The van der Waals surface area contributed by atoms with E-state index >= 15 is 0 Å². The fourth-order valence-corrected chi connectivity index (χ4v) is 3.20. The molecule has 5 heteroatoms. The molecule has 2 aromatic rings. The van der Waals surface area contributed by atoms with Crippen molar-refractivity contribution in [3.63, 3.8) is 0 Å². The van der Waals surface area contributed by atoms with Crippen molar-refractivity contribution in [3.05, 3.63) is 69.7 Å². The van der Waals surface area contributed by atoms with Crippen molar-refractivity contribution in [2.24, 2.45) is 0 Å². The first-order valence-corrected chi connectivity index (χ1v) is 8.72. The summed E-state index contributed by atoms with van der Waals surface area (Å²) in [5, 5.41) is 2.97. The molecule has 0 radical (unpaired) electrons. The van der Waals surface area contributed by atoms with Gasteiger partial charge in [-0.2, -0.15) is 0 Å². The largest absolute Gasteiger partial charge is 0.452 e. The highest BCUT2D eigenvalue weighted by Gasteiger charge is 2.21. The van der Waals surface area contributed by atoms with Crippen molar-refractivity contribution in [2.45, 2.75) is 25.3 Å². The van der Waals surface area contributed by atoms with E-state index < -0.39 is 5.97 Å². The van der Waals surface area contributed by atoms with E-state index in [1.807, 2.05) is 18.2 Å². The number of carbonyl (C=O) groups is 2. The van der Waals surface area contributed by atoms with Gasteiger partial charge in [0.2, 0.25) is 0 Å². The summed E-state index contributed by atoms with van der Waals surface area (Å²) in [5.41, 5.74) is 2.87. The summed E-state index contributed by atoms with van der Waals surface area (Å²) < 4.78 is 5.98. The second-order valence-electron chi connectivity index (χ2n) is 5.79. The van der Waals surface area contributed by atoms with Crippen molar-refractivity contribution in [1.82, 2.24) is 5.32 Å². The second kappa shape index (κ2) is 7.62. The van der Waals surface area contributed by atoms with Gasteiger partial charge >= 0.3 is 5.97 Å². The predicted molar refractivity (Wildman–Crippen MR) is 94.7 cm³/mol. The molecule has 0 spiro atoms. The Morgan fingerprint density at radius 1 is 1.12 bits per heavy atom. The number of halogens is 1. The molecule has 0 bridgehead atoms. The summed E-state index contributed by atoms with van der Waals surface area (Å²) in [6, 6.07) is 15.0. The standard InChI is InChI=1S/C19H18BrNO3/c20-15-10-8-14(9-11-15)19(23)24-12-18(22)21-17-7-3-5-13-4-1-2-6-16(13)17/h1-2,4,6,8-11,17H,3,5,7,12H2,(H,21,22). The summed E-state index contributed by atoms with van der Waals surface area (Å²) in [7, 11) is 0. The van der Waals surface area contributed by atoms with Crippen LogP contribution in [0.25, 0.3) is 0 Å². The molecule has 0 heterocycles. The number of rotatable bonds is 4. The van der Waals surface area contributed by atoms with Gasteiger partial charge in [0.15, 0.2) is 6.61 Å². The van der Waals surface area contributed by atoms with Crippen LogP contribution < -0.4 is 5.32 Å². The zero-order chi connectivity index (χ0) is 16.9. The van der Waals surface area contributed by atoms with Gasteiger partial charge in [0, 0.05) is 4.47 Å². The summed E-state index contributed by atoms with van der Waals surface area (Å²) in [6.07, 6.45) is 2.99. The first-order chi connectivity index (χ1) is 11.6. The molecule has 1 aliphatic rings. The third-order valence-electron chi connectivity index (χ3n) is 4.12. The van der Waals surface area contributed by atoms with E-state index in [2.05, 4.69) is 27.3 Å². The van der Waals surface area contributed by atoms with E-state index in [4.69, 9.17) is 4.74 Å². The number of fused-ring (bicyclic) bond motifs is 1. The number of amides is 1. The number of benzene rings is 2. The van der Waals surface area contributed by atoms with Crippen molar-refractivity contribution in [1.29, 1.82) is 0 Å². The maximum atomic E-state index is 12.1. The van der Waals surface area contributed by atoms with E-state index in [9.17, 15) is 9.59 Å². The smallest absolute Gasteiger partial charge is 0.338 e. The summed E-state index contributed by atoms with van der Waals surface area (Å²) in [6.45, 7) is -0.270. The Hall–Kier alpha value is -2.14. The Morgan fingerprint density at radius 2 is 1.88 bits per heavy atom. The lowest BCUT2D eigenvalue weighted by Crippen LogP contribution is -2.34. The summed E-state index contributed by atoms with van der Waals surface area (Å²) in [4.78, 5) is 24.0. The van der Waals surface area contributed by atoms with Gasteiger partial charge in [0.25, 0.3) is 5.91 Å². The van der Waals surface area contributed by atoms with Crippen molar-refractivity contribution < 1.29 is 14.3 Å². The highest BCUT2D eigenvalue weighted by molar-refractivity contribution is 9.10. The molecule has 2 aromatic carbocycles. The molecule has 1 N–H and O–H groups in total. The zero-order valence-corrected chi connectivity index (χ0v) is 14.7. The number of hydrogen-bond acceptors (Lipinski definition) is 3. The van der Waals surface area contributed by atoms with E-state index in [-0.39, 0.29) is 18.6 Å². The quantitative estimate of drug-likeness (QED) is 0.811. The molecule has 1 aliphatic carbocycles. The third-order valence-corrected chi connectivity index (χ3v) is 4.65. The minimum absolute atomic E-state index is 0.00571. The molecule has 24 heavy (non-hydrogen) atoms. The minimum atomic E-state index is -0.498. The Labute approximate surface area is 149 Å². The van der Waals surface area contributed by atoms with Crippen LogP contribution in [0.3, 0.4) is 0 Å². The molecule has 124 valence electrons. The SMILES string of the molecule is O=C(COC(=O)c1ccc(Br)cc1)NC1CCCc2ccccc21. The van der Waals surface area contributed by atoms with Gasteiger partial charge in [-0.25, -0.2) is 4.79 Å². The van der Waals surface area contributed by atoms with Gasteiger partial charge in [-0.05, 0) is 54.7 Å². The topological polar surface area (TPSA) is 55.4 Å². The molecule has 0 fully saturated rings. The van der Waals surface area contributed by atoms with Crippen LogP contribution in [-0.4, -0.2) is 18.5 Å². The fraction of sp³-hybridized carbons (Fsp3) is 0.263. The van der Waals surface area contributed by atoms with Crippen LogP contribution >= 0.6 is 15.9 Å². The van der Waals surface area contributed by atoms with Crippen molar-refractivity contribution in [3.8, 4) is 0 Å². The number of nitrogens with one attached hydrogen (secondary N) is 1. The van der Waals surface area contributed by atoms with Crippen LogP contribution in [0.4, 0.5) is 0 Å². The number of carbonyl (C=O) groups excluding carboxylic acids is 2. The van der Waals surface area contributed by atoms with Gasteiger partial charge < -0.3 is 10.1 Å². The van der Waals surface area contributed by atoms with Gasteiger partial charge in [0.1, 0.15) is 0 Å². The number of ether oxygens (including phenoxy) is 1. The van der Waals surface area contributed by atoms with Gasteiger partial charge in [-0.1, -0.05) is 40.2 Å². The Bertz CT molecular complexity index is 743. The normalized spacial score (nSPS) is 16.1. The maximum Gasteiger partial charge on any atom is 0.338 e. The Morgan fingerprint density at radius 3 is 2.67 bits per heavy atom. The Kier molecular flexibility index (Phi) is 5.30. The molecule has 1 unspecified atom stereocenters. The van der Waals surface area contributed by atoms with Crippen LogP contribution in [0, 0.1) is 0 Å². The maximum absolute atomic E-state index is 12.1. The molecular formula is C19H18BrNO3. The molecule has 0 aromatic heterocycles. The Balaban J connectivity index is 1.55. The molecule has 4 nitrogen and oxygen atoms in total. The van der Waals surface area contributed by atoms with Crippen molar-refractivity contribution in [2.75, 3.05) is 6.61 Å². The monoisotopic (exact) mass is 387 g/mol. The number of esters is 1. The first kappa shape index (κ1) is 16.7. The molecule has 3 rings (SSSR count). The predicted octanol–water partition coefficient (Wildman–Crippen LogP) is 3.80. The van der Waals surface area contributed by atoms with Gasteiger partial charge in [-0.3, -0.25) is 4.79 Å². The van der Waals surface area contributed by atoms with Crippen LogP contribution in [0.1, 0.15) is 40.4 Å². The number of aryl methyl sites for hydroxylation is 1. The molecule has 0 saturated heterocycles. The number of hydrogen-bond donors (Lipinski definition) is 1. The molecule has 1 amide bonds. The molecule has 0 saturated carbocycles. The molecule has 0 aliphatic heterocycles. The average Bonchev–Trinajstić information content (AvgIpc) is 2.61. The third kappa shape index (κ3) is 4.03. The minimum Gasteiger partial charge on any atom is -0.452 e. The highest BCUT2D eigenvalue weighted by Crippen LogP contribution is 2.29. The van der Waals surface area contributed by atoms with E-state index in [0.717, 1.165) is 29.3 Å². The lowest BCUT2D eigenvalue weighted by Gasteiger charge is -2.26. The summed E-state index contributed by atoms with van der Waals surface area (Å²) in [5.74, 6) is -0.774. The first-order valence-electron chi connectivity index (χ1n) is 7.93. The molecule has 1 atom stereocenters. The van der Waals surface area contributed by atoms with Crippen molar-refractivity contribution >= 4 is 27.8 Å². The summed E-state index contributed by atoms with van der Waals surface area (Å²) >= 11 is 3.31. The lowest BCUT2D eigenvalue weighted by molar-refractivity contribution is -0.125. The fourth-order valence-electron chi connectivity index (χ4n) is 2.94. The van der Waals surface area contributed by atoms with E-state index in [0.29, 0.717) is 5.56 Å². The zero-order valence-electron chi connectivity index (χ0n) is 13.1. The molecular weight excluding hydrogens is 370 g/mol.